The van der Waals surface area contributed by atoms with Crippen molar-refractivity contribution in [1.29, 1.82) is 5.26 Å². The van der Waals surface area contributed by atoms with Crippen molar-refractivity contribution in [2.75, 3.05) is 25.1 Å². The molecule has 2 saturated heterocycles. The van der Waals surface area contributed by atoms with Gasteiger partial charge in [-0.1, -0.05) is 0 Å². The maximum absolute atomic E-state index is 9.13. The van der Waals surface area contributed by atoms with Crippen LogP contribution in [0.25, 0.3) is 0 Å². The third kappa shape index (κ3) is 1.61. The molecule has 5 nitrogen and oxygen atoms in total. The predicted molar refractivity (Wildman–Crippen MR) is 67.7 cm³/mol. The number of hydrogen-bond acceptors (Lipinski definition) is 5. The van der Waals surface area contributed by atoms with Gasteiger partial charge in [0.25, 0.3) is 0 Å². The van der Waals surface area contributed by atoms with Gasteiger partial charge in [-0.15, -0.1) is 0 Å². The van der Waals surface area contributed by atoms with Gasteiger partial charge in [0.05, 0.1) is 12.7 Å². The van der Waals surface area contributed by atoms with Gasteiger partial charge in [-0.05, 0) is 18.9 Å². The van der Waals surface area contributed by atoms with E-state index >= 15 is 0 Å². The summed E-state index contributed by atoms with van der Waals surface area (Å²) in [5, 5.41) is 12.6. The topological polar surface area (TPSA) is 61.2 Å². The summed E-state index contributed by atoms with van der Waals surface area (Å²) in [5.41, 5.74) is 0.556. The van der Waals surface area contributed by atoms with Gasteiger partial charge >= 0.3 is 0 Å². The second kappa shape index (κ2) is 4.46. The average molecular weight is 244 g/mol. The molecule has 2 atom stereocenters. The Morgan fingerprint density at radius 3 is 2.78 bits per heavy atom. The highest BCUT2D eigenvalue weighted by Gasteiger charge is 2.38. The molecule has 2 fully saturated rings. The van der Waals surface area contributed by atoms with Crippen molar-refractivity contribution in [2.24, 2.45) is 0 Å². The smallest absolute Gasteiger partial charge is 0.179 e. The summed E-state index contributed by atoms with van der Waals surface area (Å²) in [6, 6.07) is 4.81. The summed E-state index contributed by atoms with van der Waals surface area (Å²) in [7, 11) is 1.60. The number of methoxy groups -OCH3 is 1. The molecule has 18 heavy (non-hydrogen) atoms. The summed E-state index contributed by atoms with van der Waals surface area (Å²) in [6.45, 7) is 1.97. The zero-order valence-electron chi connectivity index (χ0n) is 10.4. The second-order valence-corrected chi connectivity index (χ2v) is 4.78. The van der Waals surface area contributed by atoms with Gasteiger partial charge in [0.15, 0.2) is 11.6 Å². The number of hydrogen-bond donors (Lipinski definition) is 1. The van der Waals surface area contributed by atoms with Crippen LogP contribution in [0.3, 0.4) is 0 Å². The zero-order chi connectivity index (χ0) is 12.5. The Bertz CT molecular complexity index is 480. The number of piperazine rings is 1. The fourth-order valence-electron chi connectivity index (χ4n) is 3.03. The monoisotopic (exact) mass is 244 g/mol. The molecule has 3 rings (SSSR count). The molecule has 0 radical (unpaired) electrons. The average Bonchev–Trinajstić information content (AvgIpc) is 2.66. The van der Waals surface area contributed by atoms with Crippen LogP contribution in [0.15, 0.2) is 12.3 Å². The van der Waals surface area contributed by atoms with Crippen LogP contribution in [-0.2, 0) is 0 Å². The Morgan fingerprint density at radius 2 is 2.17 bits per heavy atom. The first-order valence-corrected chi connectivity index (χ1v) is 6.27. The van der Waals surface area contributed by atoms with Crippen LogP contribution in [0.5, 0.6) is 5.75 Å². The van der Waals surface area contributed by atoms with Crippen LogP contribution >= 0.6 is 0 Å². The highest BCUT2D eigenvalue weighted by atomic mass is 16.5. The Balaban J connectivity index is 2.04. The van der Waals surface area contributed by atoms with Crippen LogP contribution in [-0.4, -0.2) is 37.3 Å². The summed E-state index contributed by atoms with van der Waals surface area (Å²) in [6.07, 6.45) is 4.05. The Hall–Kier alpha value is -1.80. The number of rotatable bonds is 2. The van der Waals surface area contributed by atoms with Crippen molar-refractivity contribution in [2.45, 2.75) is 24.9 Å². The van der Waals surface area contributed by atoms with E-state index in [1.165, 1.54) is 12.8 Å². The summed E-state index contributed by atoms with van der Waals surface area (Å²) < 4.78 is 5.40. The molecule has 2 aliphatic rings. The van der Waals surface area contributed by atoms with Gasteiger partial charge in [0.1, 0.15) is 6.07 Å². The standard InChI is InChI=1S/C13H16N4O/c1-18-12-9(6-14)4-5-16-13(12)17-10-2-3-11(17)8-15-7-10/h4-5,10-11,15H,2-3,7-8H2,1H3. The summed E-state index contributed by atoms with van der Waals surface area (Å²) in [4.78, 5) is 6.77. The van der Waals surface area contributed by atoms with Crippen molar-refractivity contribution in [3.8, 4) is 11.8 Å². The highest BCUT2D eigenvalue weighted by Crippen LogP contribution is 2.37. The third-order valence-corrected chi connectivity index (χ3v) is 3.83. The van der Waals surface area contributed by atoms with Crippen molar-refractivity contribution in [3.05, 3.63) is 17.8 Å². The van der Waals surface area contributed by atoms with E-state index in [1.807, 2.05) is 0 Å². The van der Waals surface area contributed by atoms with Crippen molar-refractivity contribution < 1.29 is 4.74 Å². The molecule has 0 amide bonds. The van der Waals surface area contributed by atoms with Crippen LogP contribution in [0.2, 0.25) is 0 Å². The maximum Gasteiger partial charge on any atom is 0.179 e. The molecule has 5 heteroatoms. The van der Waals surface area contributed by atoms with E-state index < -0.39 is 0 Å². The molecular formula is C13H16N4O. The van der Waals surface area contributed by atoms with E-state index in [0.29, 0.717) is 23.4 Å². The number of aromatic nitrogens is 1. The normalized spacial score (nSPS) is 25.9. The number of ether oxygens (including phenoxy) is 1. The van der Waals surface area contributed by atoms with Gasteiger partial charge < -0.3 is 15.0 Å². The highest BCUT2D eigenvalue weighted by molar-refractivity contribution is 5.62. The van der Waals surface area contributed by atoms with Gasteiger partial charge in [-0.25, -0.2) is 4.98 Å². The van der Waals surface area contributed by atoms with Crippen LogP contribution in [0.1, 0.15) is 18.4 Å². The van der Waals surface area contributed by atoms with E-state index in [4.69, 9.17) is 10.00 Å². The minimum absolute atomic E-state index is 0.471. The molecule has 2 aliphatic heterocycles. The predicted octanol–water partition coefficient (Wildman–Crippen LogP) is 0.902. The summed E-state index contributed by atoms with van der Waals surface area (Å²) >= 11 is 0. The fraction of sp³-hybridized carbons (Fsp3) is 0.538. The first-order chi connectivity index (χ1) is 8.85. The molecule has 1 N–H and O–H groups in total. The zero-order valence-corrected chi connectivity index (χ0v) is 10.4. The fourth-order valence-corrected chi connectivity index (χ4v) is 3.03. The maximum atomic E-state index is 9.13. The van der Waals surface area contributed by atoms with Gasteiger partial charge in [-0.2, -0.15) is 5.26 Å². The molecule has 94 valence electrons. The van der Waals surface area contributed by atoms with Crippen molar-refractivity contribution in [3.63, 3.8) is 0 Å². The van der Waals surface area contributed by atoms with Gasteiger partial charge in [-0.3, -0.25) is 0 Å². The van der Waals surface area contributed by atoms with Gasteiger partial charge in [0.2, 0.25) is 0 Å². The number of anilines is 1. The van der Waals surface area contributed by atoms with Crippen LogP contribution < -0.4 is 15.0 Å². The number of nitrogens with one attached hydrogen (secondary N) is 1. The number of fused-ring (bicyclic) bond motifs is 2. The van der Waals surface area contributed by atoms with Crippen LogP contribution in [0, 0.1) is 11.3 Å². The van der Waals surface area contributed by atoms with Crippen molar-refractivity contribution >= 4 is 5.82 Å². The largest absolute Gasteiger partial charge is 0.492 e. The Morgan fingerprint density at radius 1 is 1.44 bits per heavy atom. The molecule has 1 aromatic rings. The van der Waals surface area contributed by atoms with E-state index in [2.05, 4.69) is 21.3 Å². The molecule has 0 saturated carbocycles. The lowest BCUT2D eigenvalue weighted by molar-refractivity contribution is 0.403. The quantitative estimate of drug-likeness (QED) is 0.837. The lowest BCUT2D eigenvalue weighted by Gasteiger charge is -2.36. The molecule has 2 bridgehead atoms. The van der Waals surface area contributed by atoms with E-state index in [1.54, 1.807) is 19.4 Å². The molecule has 1 aromatic heterocycles. The lowest BCUT2D eigenvalue weighted by atomic mass is 10.2. The first-order valence-electron chi connectivity index (χ1n) is 6.27. The molecule has 0 aromatic carbocycles. The molecule has 3 heterocycles. The summed E-state index contributed by atoms with van der Waals surface area (Å²) in [5.74, 6) is 1.43. The first kappa shape index (κ1) is 11.3. The van der Waals surface area contributed by atoms with E-state index in [0.717, 1.165) is 18.9 Å². The molecule has 0 aliphatic carbocycles. The lowest BCUT2D eigenvalue weighted by Crippen LogP contribution is -2.52. The van der Waals surface area contributed by atoms with E-state index in [9.17, 15) is 0 Å². The third-order valence-electron chi connectivity index (χ3n) is 3.83. The molecule has 2 unspecified atom stereocenters. The minimum atomic E-state index is 0.471. The minimum Gasteiger partial charge on any atom is -0.492 e. The van der Waals surface area contributed by atoms with E-state index in [-0.39, 0.29) is 0 Å². The Labute approximate surface area is 106 Å². The second-order valence-electron chi connectivity index (χ2n) is 4.78. The SMILES string of the molecule is COc1c(C#N)ccnc1N1C2CCC1CNC2. The number of pyridine rings is 1. The molecule has 0 spiro atoms. The number of nitriles is 1. The van der Waals surface area contributed by atoms with Gasteiger partial charge in [0, 0.05) is 31.4 Å². The van der Waals surface area contributed by atoms with Crippen LogP contribution in [0.4, 0.5) is 5.82 Å². The molecular weight excluding hydrogens is 228 g/mol. The van der Waals surface area contributed by atoms with Crippen molar-refractivity contribution in [1.82, 2.24) is 10.3 Å². The Kier molecular flexibility index (Phi) is 2.80. The number of nitrogens with zero attached hydrogens (tertiary/aromatic N) is 3.